The van der Waals surface area contributed by atoms with Gasteiger partial charge in [-0.05, 0) is 49.8 Å². The van der Waals surface area contributed by atoms with E-state index in [9.17, 15) is 9.59 Å². The van der Waals surface area contributed by atoms with Crippen molar-refractivity contribution in [3.05, 3.63) is 71.9 Å². The Hall–Kier alpha value is -4.07. The SMILES string of the molecule is CCOC(=O)c1cnn(-c2ccccc2)c1NC(=O)/C=C/c1ccc(OCC)c(OC)c1. The van der Waals surface area contributed by atoms with E-state index in [0.717, 1.165) is 5.56 Å². The smallest absolute Gasteiger partial charge is 0.343 e. The third-order valence-corrected chi connectivity index (χ3v) is 4.42. The van der Waals surface area contributed by atoms with Crippen molar-refractivity contribution in [1.82, 2.24) is 9.78 Å². The molecule has 0 saturated carbocycles. The molecule has 8 nitrogen and oxygen atoms in total. The van der Waals surface area contributed by atoms with Gasteiger partial charge in [0.2, 0.25) is 5.91 Å². The van der Waals surface area contributed by atoms with Gasteiger partial charge in [0, 0.05) is 6.08 Å². The fourth-order valence-corrected chi connectivity index (χ4v) is 2.98. The van der Waals surface area contributed by atoms with Crippen molar-refractivity contribution in [2.45, 2.75) is 13.8 Å². The van der Waals surface area contributed by atoms with Crippen LogP contribution < -0.4 is 14.8 Å². The summed E-state index contributed by atoms with van der Waals surface area (Å²) in [6, 6.07) is 14.5. The summed E-state index contributed by atoms with van der Waals surface area (Å²) in [7, 11) is 1.56. The first kappa shape index (κ1) is 22.6. The molecule has 0 aliphatic heterocycles. The molecule has 0 saturated heterocycles. The van der Waals surface area contributed by atoms with Crippen molar-refractivity contribution >= 4 is 23.8 Å². The first-order chi connectivity index (χ1) is 15.6. The number of nitrogens with one attached hydrogen (secondary N) is 1. The van der Waals surface area contributed by atoms with Crippen molar-refractivity contribution in [3.63, 3.8) is 0 Å². The van der Waals surface area contributed by atoms with Gasteiger partial charge in [-0.15, -0.1) is 0 Å². The van der Waals surface area contributed by atoms with E-state index in [1.54, 1.807) is 32.2 Å². The van der Waals surface area contributed by atoms with E-state index in [0.29, 0.717) is 23.8 Å². The van der Waals surface area contributed by atoms with Crippen LogP contribution in [0, 0.1) is 0 Å². The molecule has 1 heterocycles. The first-order valence-electron chi connectivity index (χ1n) is 10.2. The quantitative estimate of drug-likeness (QED) is 0.402. The summed E-state index contributed by atoms with van der Waals surface area (Å²) in [5.41, 5.74) is 1.61. The van der Waals surface area contributed by atoms with Gasteiger partial charge in [-0.25, -0.2) is 9.48 Å². The number of anilines is 1. The van der Waals surface area contributed by atoms with Gasteiger partial charge < -0.3 is 19.5 Å². The number of carbonyl (C=O) groups excluding carboxylic acids is 2. The lowest BCUT2D eigenvalue weighted by molar-refractivity contribution is -0.111. The molecule has 1 N–H and O–H groups in total. The van der Waals surface area contributed by atoms with E-state index >= 15 is 0 Å². The van der Waals surface area contributed by atoms with Crippen LogP contribution in [0.3, 0.4) is 0 Å². The number of nitrogens with zero attached hydrogens (tertiary/aromatic N) is 2. The molecule has 0 fully saturated rings. The van der Waals surface area contributed by atoms with Crippen LogP contribution in [0.25, 0.3) is 11.8 Å². The molecule has 0 aliphatic carbocycles. The van der Waals surface area contributed by atoms with Gasteiger partial charge >= 0.3 is 5.97 Å². The van der Waals surface area contributed by atoms with Gasteiger partial charge in [-0.3, -0.25) is 4.79 Å². The standard InChI is InChI=1S/C24H25N3O5/c1-4-31-20-13-11-17(15-21(20)30-3)12-14-22(28)26-23-19(24(29)32-5-2)16-25-27(23)18-9-7-6-8-10-18/h6-16H,4-5H2,1-3H3,(H,26,28)/b14-12+. The molecule has 0 aliphatic rings. The van der Waals surface area contributed by atoms with Crippen LogP contribution in [-0.2, 0) is 9.53 Å². The second-order valence-electron chi connectivity index (χ2n) is 6.54. The molecule has 0 atom stereocenters. The number of benzene rings is 2. The van der Waals surface area contributed by atoms with Crippen LogP contribution in [-0.4, -0.2) is 42.0 Å². The lowest BCUT2D eigenvalue weighted by Crippen LogP contribution is -2.16. The molecular weight excluding hydrogens is 410 g/mol. The number of aromatic nitrogens is 2. The number of rotatable bonds is 9. The zero-order valence-corrected chi connectivity index (χ0v) is 18.2. The van der Waals surface area contributed by atoms with Gasteiger partial charge in [-0.1, -0.05) is 24.3 Å². The molecule has 0 radical (unpaired) electrons. The molecule has 1 amide bonds. The van der Waals surface area contributed by atoms with E-state index in [4.69, 9.17) is 14.2 Å². The number of esters is 1. The normalized spacial score (nSPS) is 10.7. The second kappa shape index (κ2) is 10.8. The fraction of sp³-hybridized carbons (Fsp3) is 0.208. The third kappa shape index (κ3) is 5.34. The Balaban J connectivity index is 1.85. The lowest BCUT2D eigenvalue weighted by Gasteiger charge is -2.10. The molecule has 1 aromatic heterocycles. The van der Waals surface area contributed by atoms with Crippen molar-refractivity contribution < 1.29 is 23.8 Å². The van der Waals surface area contributed by atoms with Crippen LogP contribution in [0.15, 0.2) is 60.8 Å². The number of hydrogen-bond acceptors (Lipinski definition) is 6. The Morgan fingerprint density at radius 2 is 1.84 bits per heavy atom. The molecule has 0 bridgehead atoms. The first-order valence-corrected chi connectivity index (χ1v) is 10.2. The van der Waals surface area contributed by atoms with E-state index in [1.807, 2.05) is 43.3 Å². The number of ether oxygens (including phenoxy) is 3. The highest BCUT2D eigenvalue weighted by Gasteiger charge is 2.20. The highest BCUT2D eigenvalue weighted by molar-refractivity contribution is 6.05. The highest BCUT2D eigenvalue weighted by atomic mass is 16.5. The Labute approximate surface area is 186 Å². The summed E-state index contributed by atoms with van der Waals surface area (Å²) >= 11 is 0. The molecular formula is C24H25N3O5. The maximum Gasteiger partial charge on any atom is 0.343 e. The third-order valence-electron chi connectivity index (χ3n) is 4.42. The number of hydrogen-bond donors (Lipinski definition) is 1. The molecule has 2 aromatic carbocycles. The van der Waals surface area contributed by atoms with Gasteiger partial charge in [0.05, 0.1) is 32.2 Å². The summed E-state index contributed by atoms with van der Waals surface area (Å²) in [6.07, 6.45) is 4.38. The van der Waals surface area contributed by atoms with E-state index < -0.39 is 11.9 Å². The maximum absolute atomic E-state index is 12.7. The Morgan fingerprint density at radius 1 is 1.06 bits per heavy atom. The molecule has 166 valence electrons. The zero-order valence-electron chi connectivity index (χ0n) is 18.2. The average molecular weight is 435 g/mol. The minimum Gasteiger partial charge on any atom is -0.493 e. The van der Waals surface area contributed by atoms with E-state index in [1.165, 1.54) is 17.0 Å². The molecule has 32 heavy (non-hydrogen) atoms. The summed E-state index contributed by atoms with van der Waals surface area (Å²) in [4.78, 5) is 25.0. The summed E-state index contributed by atoms with van der Waals surface area (Å²) < 4.78 is 17.4. The number of amides is 1. The molecule has 0 spiro atoms. The number of carbonyl (C=O) groups is 2. The lowest BCUT2D eigenvalue weighted by atomic mass is 10.2. The Bertz CT molecular complexity index is 1110. The Kier molecular flexibility index (Phi) is 7.64. The van der Waals surface area contributed by atoms with Crippen LogP contribution in [0.4, 0.5) is 5.82 Å². The summed E-state index contributed by atoms with van der Waals surface area (Å²) in [6.45, 7) is 4.34. The number of para-hydroxylation sites is 1. The van der Waals surface area contributed by atoms with Gasteiger partial charge in [0.1, 0.15) is 5.56 Å². The highest BCUT2D eigenvalue weighted by Crippen LogP contribution is 2.28. The molecule has 3 aromatic rings. The second-order valence-corrected chi connectivity index (χ2v) is 6.54. The zero-order chi connectivity index (χ0) is 22.9. The summed E-state index contributed by atoms with van der Waals surface area (Å²) in [5, 5.41) is 7.00. The topological polar surface area (TPSA) is 91.7 Å². The van der Waals surface area contributed by atoms with Crippen LogP contribution in [0.1, 0.15) is 29.8 Å². The van der Waals surface area contributed by atoms with Gasteiger partial charge in [0.15, 0.2) is 17.3 Å². The van der Waals surface area contributed by atoms with Crippen molar-refractivity contribution in [2.75, 3.05) is 25.6 Å². The molecule has 3 rings (SSSR count). The van der Waals surface area contributed by atoms with Crippen molar-refractivity contribution in [2.24, 2.45) is 0 Å². The van der Waals surface area contributed by atoms with Crippen LogP contribution in [0.2, 0.25) is 0 Å². The average Bonchev–Trinajstić information content (AvgIpc) is 3.22. The largest absolute Gasteiger partial charge is 0.493 e. The van der Waals surface area contributed by atoms with E-state index in [-0.39, 0.29) is 18.0 Å². The summed E-state index contributed by atoms with van der Waals surface area (Å²) in [5.74, 6) is 0.434. The van der Waals surface area contributed by atoms with Crippen molar-refractivity contribution in [3.8, 4) is 17.2 Å². The van der Waals surface area contributed by atoms with E-state index in [2.05, 4.69) is 10.4 Å². The van der Waals surface area contributed by atoms with Crippen LogP contribution >= 0.6 is 0 Å². The maximum atomic E-state index is 12.7. The number of methoxy groups -OCH3 is 1. The molecule has 8 heteroatoms. The Morgan fingerprint density at radius 3 is 2.53 bits per heavy atom. The van der Waals surface area contributed by atoms with Gasteiger partial charge in [0.25, 0.3) is 0 Å². The van der Waals surface area contributed by atoms with Crippen LogP contribution in [0.5, 0.6) is 11.5 Å². The monoisotopic (exact) mass is 435 g/mol. The predicted octanol–water partition coefficient (Wildman–Crippen LogP) is 4.11. The fourth-order valence-electron chi connectivity index (χ4n) is 2.98. The minimum absolute atomic E-state index is 0.167. The predicted molar refractivity (Wildman–Crippen MR) is 121 cm³/mol. The minimum atomic E-state index is -0.565. The van der Waals surface area contributed by atoms with Gasteiger partial charge in [-0.2, -0.15) is 5.10 Å². The van der Waals surface area contributed by atoms with Crippen molar-refractivity contribution in [1.29, 1.82) is 0 Å². The molecule has 0 unspecified atom stereocenters.